The molecule has 0 heterocycles. The maximum Gasteiger partial charge on any atom is 0.305 e. The summed E-state index contributed by atoms with van der Waals surface area (Å²) in [5.41, 5.74) is 0. The number of allylic oxidation sites excluding steroid dienone is 6. The van der Waals surface area contributed by atoms with Crippen LogP contribution in [0.1, 0.15) is 483 Å². The van der Waals surface area contributed by atoms with E-state index in [0.717, 1.165) is 51.4 Å². The Morgan fingerprint density at radius 1 is 0.301 bits per heavy atom. The van der Waals surface area contributed by atoms with Crippen LogP contribution in [-0.4, -0.2) is 47.4 Å². The first-order valence-electron chi connectivity index (χ1n) is 42.7. The number of nitrogens with one attached hydrogen (secondary N) is 1. The van der Waals surface area contributed by atoms with Gasteiger partial charge < -0.3 is 20.3 Å². The Morgan fingerprint density at radius 3 is 0.849 bits per heavy atom. The Kier molecular flexibility index (Phi) is 80.8. The quantitative estimate of drug-likeness (QED) is 0.0320. The summed E-state index contributed by atoms with van der Waals surface area (Å²) in [6, 6.07) is -0.540. The number of carbonyl (C=O) groups is 2. The highest BCUT2D eigenvalue weighted by molar-refractivity contribution is 5.76. The van der Waals surface area contributed by atoms with E-state index in [4.69, 9.17) is 4.74 Å². The van der Waals surface area contributed by atoms with Gasteiger partial charge in [0.1, 0.15) is 0 Å². The summed E-state index contributed by atoms with van der Waals surface area (Å²) < 4.78 is 5.50. The van der Waals surface area contributed by atoms with Crippen LogP contribution in [0.15, 0.2) is 36.5 Å². The number of hydrogen-bond acceptors (Lipinski definition) is 5. The van der Waals surface area contributed by atoms with Crippen LogP contribution in [0.2, 0.25) is 0 Å². The molecule has 0 fully saturated rings. The fourth-order valence-corrected chi connectivity index (χ4v) is 13.7. The molecule has 550 valence electrons. The van der Waals surface area contributed by atoms with Gasteiger partial charge in [-0.3, -0.25) is 9.59 Å². The minimum absolute atomic E-state index is 0.00820. The Balaban J connectivity index is 3.34. The first-order valence-corrected chi connectivity index (χ1v) is 42.7. The molecule has 1 amide bonds. The van der Waals surface area contributed by atoms with Crippen LogP contribution < -0.4 is 5.32 Å². The van der Waals surface area contributed by atoms with Gasteiger partial charge in [0.15, 0.2) is 0 Å². The summed E-state index contributed by atoms with van der Waals surface area (Å²) in [7, 11) is 0. The standard InChI is InChI=1S/C87H167NO5/c1-3-5-7-9-11-13-15-17-19-20-21-22-23-39-42-45-48-52-55-59-63-67-71-75-79-85(90)84(83-89)88-86(91)80-76-72-68-64-60-56-53-49-46-43-40-37-35-33-31-29-27-25-24-26-28-30-32-34-36-38-41-44-47-50-54-58-62-66-70-74-78-82-93-87(92)81-77-73-69-65-61-57-51-18-16-14-12-10-8-6-4-2/h12,14,18,24,26,51,84-85,89-90H,3-11,13,15-17,19-23,25,27-50,52-83H2,1-2H3,(H,88,91)/b14-12-,26-24-,51-18-. The number of rotatable bonds is 81. The molecule has 0 aliphatic heterocycles. The second kappa shape index (κ2) is 82.5. The molecule has 0 aromatic rings. The van der Waals surface area contributed by atoms with Crippen molar-refractivity contribution in [2.24, 2.45) is 0 Å². The Hall–Kier alpha value is -1.92. The van der Waals surface area contributed by atoms with Gasteiger partial charge in [0.05, 0.1) is 25.4 Å². The van der Waals surface area contributed by atoms with Gasteiger partial charge >= 0.3 is 5.97 Å². The number of aliphatic hydroxyl groups excluding tert-OH is 2. The average Bonchev–Trinajstić information content (AvgIpc) is 3.78. The zero-order chi connectivity index (χ0) is 67.0. The van der Waals surface area contributed by atoms with E-state index in [9.17, 15) is 19.8 Å². The Labute approximate surface area is 583 Å². The molecule has 0 radical (unpaired) electrons. The van der Waals surface area contributed by atoms with Crippen LogP contribution in [0.4, 0.5) is 0 Å². The van der Waals surface area contributed by atoms with E-state index in [1.165, 1.54) is 398 Å². The molecule has 2 atom stereocenters. The van der Waals surface area contributed by atoms with Crippen molar-refractivity contribution in [2.45, 2.75) is 495 Å². The van der Waals surface area contributed by atoms with E-state index in [2.05, 4.69) is 55.6 Å². The molecule has 0 saturated heterocycles. The highest BCUT2D eigenvalue weighted by atomic mass is 16.5. The van der Waals surface area contributed by atoms with Gasteiger partial charge in [0, 0.05) is 12.8 Å². The third kappa shape index (κ3) is 79.0. The topological polar surface area (TPSA) is 95.9 Å². The second-order valence-electron chi connectivity index (χ2n) is 29.5. The molecular formula is C87H167NO5. The molecule has 0 aliphatic carbocycles. The summed E-state index contributed by atoms with van der Waals surface area (Å²) in [6.45, 7) is 4.98. The zero-order valence-corrected chi connectivity index (χ0v) is 63.3. The van der Waals surface area contributed by atoms with E-state index >= 15 is 0 Å². The van der Waals surface area contributed by atoms with Gasteiger partial charge in [-0.25, -0.2) is 0 Å². The molecule has 0 aromatic carbocycles. The van der Waals surface area contributed by atoms with E-state index in [1.54, 1.807) is 0 Å². The van der Waals surface area contributed by atoms with E-state index in [0.29, 0.717) is 25.9 Å². The molecule has 0 rings (SSSR count). The fraction of sp³-hybridized carbons (Fsp3) is 0.908. The van der Waals surface area contributed by atoms with Gasteiger partial charge in [-0.1, -0.05) is 423 Å². The van der Waals surface area contributed by atoms with Crippen molar-refractivity contribution in [2.75, 3.05) is 13.2 Å². The molecule has 0 saturated carbocycles. The van der Waals surface area contributed by atoms with Crippen molar-refractivity contribution < 1.29 is 24.5 Å². The smallest absolute Gasteiger partial charge is 0.305 e. The molecule has 3 N–H and O–H groups in total. The van der Waals surface area contributed by atoms with Gasteiger partial charge in [-0.2, -0.15) is 0 Å². The molecule has 2 unspecified atom stereocenters. The lowest BCUT2D eigenvalue weighted by atomic mass is 10.0. The van der Waals surface area contributed by atoms with Crippen LogP contribution in [-0.2, 0) is 14.3 Å². The summed E-state index contributed by atoms with van der Waals surface area (Å²) in [4.78, 5) is 24.7. The number of aliphatic hydroxyl groups is 2. The summed E-state index contributed by atoms with van der Waals surface area (Å²) >= 11 is 0. The summed E-state index contributed by atoms with van der Waals surface area (Å²) in [5.74, 6) is -0.0168. The third-order valence-electron chi connectivity index (χ3n) is 20.2. The van der Waals surface area contributed by atoms with E-state index in [-0.39, 0.29) is 18.5 Å². The van der Waals surface area contributed by atoms with Gasteiger partial charge in [0.25, 0.3) is 0 Å². The Morgan fingerprint density at radius 2 is 0.538 bits per heavy atom. The van der Waals surface area contributed by atoms with Crippen molar-refractivity contribution >= 4 is 11.9 Å². The lowest BCUT2D eigenvalue weighted by molar-refractivity contribution is -0.143. The van der Waals surface area contributed by atoms with Crippen LogP contribution in [0.3, 0.4) is 0 Å². The van der Waals surface area contributed by atoms with Gasteiger partial charge in [-0.15, -0.1) is 0 Å². The average molecular weight is 1310 g/mol. The molecule has 0 spiro atoms. The minimum Gasteiger partial charge on any atom is -0.466 e. The van der Waals surface area contributed by atoms with Gasteiger partial charge in [-0.05, 0) is 83.5 Å². The number of ether oxygens (including phenoxy) is 1. The van der Waals surface area contributed by atoms with Crippen LogP contribution in [0.5, 0.6) is 0 Å². The zero-order valence-electron chi connectivity index (χ0n) is 63.3. The monoisotopic (exact) mass is 1310 g/mol. The SMILES string of the molecule is CCCCC/C=C\C/C=C\CCCCCCCC(=O)OCCCCCCCCCCCCCCCCCC/C=C\CCCCCCCCCCCCCCCCCCCC(=O)NC(CO)C(O)CCCCCCCCCCCCCCCCCCCCCCCCCC. The molecule has 6 heteroatoms. The third-order valence-corrected chi connectivity index (χ3v) is 20.2. The maximum absolute atomic E-state index is 12.6. The van der Waals surface area contributed by atoms with Gasteiger partial charge in [0.2, 0.25) is 5.91 Å². The molecule has 0 aromatic heterocycles. The fourth-order valence-electron chi connectivity index (χ4n) is 13.7. The highest BCUT2D eigenvalue weighted by Crippen LogP contribution is 2.21. The van der Waals surface area contributed by atoms with Crippen molar-refractivity contribution in [1.82, 2.24) is 5.32 Å². The first-order chi connectivity index (χ1) is 46.0. The van der Waals surface area contributed by atoms with Crippen molar-refractivity contribution in [3.63, 3.8) is 0 Å². The molecule has 0 aliphatic rings. The number of carbonyl (C=O) groups excluding carboxylic acids is 2. The molecule has 6 nitrogen and oxygen atoms in total. The van der Waals surface area contributed by atoms with Crippen LogP contribution in [0, 0.1) is 0 Å². The molecule has 93 heavy (non-hydrogen) atoms. The first kappa shape index (κ1) is 91.1. The number of unbranched alkanes of at least 4 members (excludes halogenated alkanes) is 64. The van der Waals surface area contributed by atoms with Crippen molar-refractivity contribution in [3.8, 4) is 0 Å². The molecular weight excluding hydrogens is 1140 g/mol. The maximum atomic E-state index is 12.6. The lowest BCUT2D eigenvalue weighted by Gasteiger charge is -2.22. The largest absolute Gasteiger partial charge is 0.466 e. The number of esters is 1. The van der Waals surface area contributed by atoms with Crippen molar-refractivity contribution in [3.05, 3.63) is 36.5 Å². The normalized spacial score (nSPS) is 12.6. The Bertz CT molecular complexity index is 1510. The summed E-state index contributed by atoms with van der Waals surface area (Å²) in [6.07, 6.45) is 108. The van der Waals surface area contributed by atoms with Crippen LogP contribution in [0.25, 0.3) is 0 Å². The van der Waals surface area contributed by atoms with E-state index in [1.807, 2.05) is 0 Å². The predicted molar refractivity (Wildman–Crippen MR) is 412 cm³/mol. The number of amides is 1. The van der Waals surface area contributed by atoms with E-state index < -0.39 is 12.1 Å². The van der Waals surface area contributed by atoms with Crippen molar-refractivity contribution in [1.29, 1.82) is 0 Å². The predicted octanol–water partition coefficient (Wildman–Crippen LogP) is 28.6. The van der Waals surface area contributed by atoms with Crippen LogP contribution >= 0.6 is 0 Å². The lowest BCUT2D eigenvalue weighted by Crippen LogP contribution is -2.45. The number of hydrogen-bond donors (Lipinski definition) is 3. The minimum atomic E-state index is -0.663. The second-order valence-corrected chi connectivity index (χ2v) is 29.5. The molecule has 0 bridgehead atoms. The highest BCUT2D eigenvalue weighted by Gasteiger charge is 2.20. The summed E-state index contributed by atoms with van der Waals surface area (Å²) in [5, 5.41) is 23.5.